The van der Waals surface area contributed by atoms with Crippen LogP contribution in [0.15, 0.2) is 30.5 Å². The number of nitrogens with zero attached hydrogens (tertiary/aromatic N) is 4. The average Bonchev–Trinajstić information content (AvgIpc) is 3.06. The van der Waals surface area contributed by atoms with Gasteiger partial charge in [-0.2, -0.15) is 0 Å². The van der Waals surface area contributed by atoms with E-state index < -0.39 is 5.60 Å². The van der Waals surface area contributed by atoms with Crippen LogP contribution in [0.5, 0.6) is 5.75 Å². The van der Waals surface area contributed by atoms with E-state index in [1.54, 1.807) is 0 Å². The highest BCUT2D eigenvalue weighted by Gasteiger charge is 2.39. The lowest BCUT2D eigenvalue weighted by Gasteiger charge is -2.48. The summed E-state index contributed by atoms with van der Waals surface area (Å²) in [6, 6.07) is 9.05. The lowest BCUT2D eigenvalue weighted by Crippen LogP contribution is -2.62. The zero-order valence-corrected chi connectivity index (χ0v) is 22.7. The van der Waals surface area contributed by atoms with E-state index in [-0.39, 0.29) is 6.09 Å². The van der Waals surface area contributed by atoms with Crippen molar-refractivity contribution in [3.8, 4) is 5.75 Å². The zero-order valence-electron chi connectivity index (χ0n) is 22.7. The van der Waals surface area contributed by atoms with Gasteiger partial charge >= 0.3 is 6.09 Å². The highest BCUT2D eigenvalue weighted by molar-refractivity contribution is 5.73. The third-order valence-electron chi connectivity index (χ3n) is 7.97. The number of anilines is 3. The lowest BCUT2D eigenvalue weighted by molar-refractivity contribution is -0.0202. The summed E-state index contributed by atoms with van der Waals surface area (Å²) in [6.07, 6.45) is 3.99. The van der Waals surface area contributed by atoms with Crippen LogP contribution in [0.3, 0.4) is 0 Å². The Hall–Kier alpha value is -3.04. The molecule has 0 bridgehead atoms. The topological polar surface area (TPSA) is 79.4 Å². The number of hydrogen-bond acceptors (Lipinski definition) is 8. The third kappa shape index (κ3) is 5.27. The van der Waals surface area contributed by atoms with E-state index in [9.17, 15) is 4.79 Å². The van der Waals surface area contributed by atoms with E-state index in [4.69, 9.17) is 14.2 Å². The van der Waals surface area contributed by atoms with Gasteiger partial charge in [0, 0.05) is 50.6 Å². The summed E-state index contributed by atoms with van der Waals surface area (Å²) in [5.41, 5.74) is 4.10. The average molecular weight is 522 g/mol. The van der Waals surface area contributed by atoms with Crippen molar-refractivity contribution in [2.45, 2.75) is 57.8 Å². The maximum Gasteiger partial charge on any atom is 0.410 e. The summed E-state index contributed by atoms with van der Waals surface area (Å²) < 4.78 is 17.4. The first-order valence-corrected chi connectivity index (χ1v) is 13.9. The number of likely N-dealkylation sites (tertiary alicyclic amines) is 2. The van der Waals surface area contributed by atoms with Crippen molar-refractivity contribution >= 4 is 23.3 Å². The summed E-state index contributed by atoms with van der Waals surface area (Å²) in [4.78, 5) is 23.8. The molecule has 4 aliphatic heterocycles. The summed E-state index contributed by atoms with van der Waals surface area (Å²) in [7, 11) is 0. The Labute approximate surface area is 225 Å². The second-order valence-corrected chi connectivity index (χ2v) is 11.8. The van der Waals surface area contributed by atoms with Crippen LogP contribution in [-0.4, -0.2) is 85.0 Å². The Balaban J connectivity index is 1.13. The van der Waals surface area contributed by atoms with Crippen LogP contribution in [0.4, 0.5) is 22.0 Å². The number of morpholine rings is 1. The Bertz CT molecular complexity index is 1170. The number of fused-ring (bicyclic) bond motifs is 2. The molecule has 1 atom stereocenters. The standard InChI is InChI=1S/C29H39N5O4/c1-29(2,3)38-28(35)34-17-22(18-34)33-10-4-5-21(16-33)20-6-7-26-24(15-20)31-27-23(19-37-26)25(8-9-30-27)32-11-13-36-14-12-32/h6-9,15,21-22H,4-5,10-14,16-19H2,1-3H3,(H,30,31)/t21-/m1/s1. The van der Waals surface area contributed by atoms with Crippen LogP contribution in [0.25, 0.3) is 0 Å². The van der Waals surface area contributed by atoms with E-state index in [0.717, 1.165) is 88.1 Å². The monoisotopic (exact) mass is 521 g/mol. The predicted octanol–water partition coefficient (Wildman–Crippen LogP) is 4.35. The molecule has 6 rings (SSSR count). The molecule has 1 amide bonds. The maximum atomic E-state index is 12.4. The molecule has 3 fully saturated rings. The number of ether oxygens (including phenoxy) is 3. The summed E-state index contributed by atoms with van der Waals surface area (Å²) in [5, 5.41) is 3.59. The van der Waals surface area contributed by atoms with Crippen LogP contribution in [-0.2, 0) is 16.1 Å². The van der Waals surface area contributed by atoms with Crippen molar-refractivity contribution in [2.24, 2.45) is 0 Å². The van der Waals surface area contributed by atoms with Gasteiger partial charge in [-0.15, -0.1) is 0 Å². The fourth-order valence-electron chi connectivity index (χ4n) is 5.91. The van der Waals surface area contributed by atoms with Gasteiger partial charge in [-0.25, -0.2) is 9.78 Å². The van der Waals surface area contributed by atoms with Gasteiger partial charge in [0.15, 0.2) is 0 Å². The smallest absolute Gasteiger partial charge is 0.410 e. The Morgan fingerprint density at radius 2 is 1.92 bits per heavy atom. The molecule has 0 aliphatic carbocycles. The van der Waals surface area contributed by atoms with Gasteiger partial charge in [-0.1, -0.05) is 6.07 Å². The normalized spacial score (nSPS) is 22.3. The fourth-order valence-corrected chi connectivity index (χ4v) is 5.91. The Morgan fingerprint density at radius 1 is 1.11 bits per heavy atom. The number of benzene rings is 1. The molecule has 4 aliphatic rings. The number of carbonyl (C=O) groups is 1. The van der Waals surface area contributed by atoms with Crippen LogP contribution in [0, 0.1) is 0 Å². The van der Waals surface area contributed by atoms with Crippen molar-refractivity contribution in [1.29, 1.82) is 0 Å². The number of rotatable bonds is 3. The second-order valence-electron chi connectivity index (χ2n) is 11.8. The van der Waals surface area contributed by atoms with Gasteiger partial charge in [0.2, 0.25) is 0 Å². The highest BCUT2D eigenvalue weighted by Crippen LogP contribution is 2.40. The summed E-state index contributed by atoms with van der Waals surface area (Å²) >= 11 is 0. The molecule has 0 unspecified atom stereocenters. The van der Waals surface area contributed by atoms with Crippen LogP contribution < -0.4 is 15.0 Å². The maximum absolute atomic E-state index is 12.4. The molecule has 5 heterocycles. The number of carbonyl (C=O) groups excluding carboxylic acids is 1. The SMILES string of the molecule is CC(C)(C)OC(=O)N1CC(N2CCC[C@@H](c3ccc4c(c3)Nc3nccc(N5CCOCC5)c3CO4)C2)C1. The van der Waals surface area contributed by atoms with Gasteiger partial charge in [0.05, 0.1) is 24.5 Å². The van der Waals surface area contributed by atoms with Gasteiger partial charge in [0.25, 0.3) is 0 Å². The molecule has 204 valence electrons. The number of aromatic nitrogens is 1. The lowest BCUT2D eigenvalue weighted by atomic mass is 9.88. The third-order valence-corrected chi connectivity index (χ3v) is 7.97. The molecule has 1 aromatic carbocycles. The number of pyridine rings is 1. The van der Waals surface area contributed by atoms with Crippen molar-refractivity contribution in [2.75, 3.05) is 62.7 Å². The Morgan fingerprint density at radius 3 is 2.71 bits per heavy atom. The molecule has 2 aromatic rings. The number of piperidine rings is 1. The molecule has 0 spiro atoms. The molecular weight excluding hydrogens is 482 g/mol. The van der Waals surface area contributed by atoms with Gasteiger partial charge in [-0.3, -0.25) is 4.90 Å². The van der Waals surface area contributed by atoms with Crippen molar-refractivity contribution in [1.82, 2.24) is 14.8 Å². The first kappa shape index (κ1) is 25.2. The van der Waals surface area contributed by atoms with Crippen molar-refractivity contribution in [3.05, 3.63) is 41.6 Å². The van der Waals surface area contributed by atoms with Gasteiger partial charge in [-0.05, 0) is 69.8 Å². The molecule has 0 saturated carbocycles. The molecule has 9 nitrogen and oxygen atoms in total. The number of amides is 1. The van der Waals surface area contributed by atoms with Gasteiger partial charge < -0.3 is 29.3 Å². The van der Waals surface area contributed by atoms with Crippen molar-refractivity contribution in [3.63, 3.8) is 0 Å². The molecular formula is C29H39N5O4. The summed E-state index contributed by atoms with van der Waals surface area (Å²) in [6.45, 7) is 13.0. The molecule has 1 N–H and O–H groups in total. The van der Waals surface area contributed by atoms with E-state index in [0.29, 0.717) is 18.6 Å². The van der Waals surface area contributed by atoms with E-state index >= 15 is 0 Å². The van der Waals surface area contributed by atoms with E-state index in [2.05, 4.69) is 44.4 Å². The number of nitrogens with one attached hydrogen (secondary N) is 1. The minimum atomic E-state index is -0.457. The van der Waals surface area contributed by atoms with Crippen LogP contribution in [0.2, 0.25) is 0 Å². The first-order chi connectivity index (χ1) is 18.3. The second kappa shape index (κ2) is 10.3. The van der Waals surface area contributed by atoms with E-state index in [1.807, 2.05) is 31.9 Å². The highest BCUT2D eigenvalue weighted by atomic mass is 16.6. The van der Waals surface area contributed by atoms with Gasteiger partial charge in [0.1, 0.15) is 23.8 Å². The Kier molecular flexibility index (Phi) is 6.82. The fraction of sp³-hybridized carbons (Fsp3) is 0.586. The molecule has 9 heteroatoms. The number of hydrogen-bond donors (Lipinski definition) is 1. The van der Waals surface area contributed by atoms with E-state index in [1.165, 1.54) is 11.3 Å². The molecule has 1 aromatic heterocycles. The minimum Gasteiger partial charge on any atom is -0.487 e. The van der Waals surface area contributed by atoms with Crippen LogP contribution >= 0.6 is 0 Å². The summed E-state index contributed by atoms with van der Waals surface area (Å²) in [5.74, 6) is 2.17. The quantitative estimate of drug-likeness (QED) is 0.639. The first-order valence-electron chi connectivity index (χ1n) is 13.9. The predicted molar refractivity (Wildman–Crippen MR) is 146 cm³/mol. The molecule has 3 saturated heterocycles. The van der Waals surface area contributed by atoms with Crippen molar-refractivity contribution < 1.29 is 19.0 Å². The molecule has 38 heavy (non-hydrogen) atoms. The van der Waals surface area contributed by atoms with Crippen LogP contribution in [0.1, 0.15) is 50.7 Å². The largest absolute Gasteiger partial charge is 0.487 e. The molecule has 0 radical (unpaired) electrons. The zero-order chi connectivity index (χ0) is 26.3. The minimum absolute atomic E-state index is 0.204.